The number of nitrogens with zero attached hydrogens (tertiary/aromatic N) is 5. The van der Waals surface area contributed by atoms with Crippen molar-refractivity contribution in [3.05, 3.63) is 66.6 Å². The van der Waals surface area contributed by atoms with Crippen LogP contribution in [0.25, 0.3) is 16.9 Å². The first-order chi connectivity index (χ1) is 16.0. The largest absolute Gasteiger partial charge is 0.449 e. The maximum absolute atomic E-state index is 13.6. The van der Waals surface area contributed by atoms with Crippen LogP contribution in [0.4, 0.5) is 4.79 Å². The van der Waals surface area contributed by atoms with Gasteiger partial charge in [-0.15, -0.1) is 0 Å². The summed E-state index contributed by atoms with van der Waals surface area (Å²) in [5.74, 6) is 0.180. The molecule has 0 atom stereocenters. The number of carbonyl (C=O) groups excluding carboxylic acids is 2. The van der Waals surface area contributed by atoms with Crippen LogP contribution in [0, 0.1) is 5.92 Å². The minimum Gasteiger partial charge on any atom is -0.449 e. The van der Waals surface area contributed by atoms with Gasteiger partial charge in [0.1, 0.15) is 5.69 Å². The highest BCUT2D eigenvalue weighted by Gasteiger charge is 2.27. The van der Waals surface area contributed by atoms with Crippen molar-refractivity contribution in [2.24, 2.45) is 5.92 Å². The molecule has 1 fully saturated rings. The molecular formula is C25H29N5O3. The highest BCUT2D eigenvalue weighted by Crippen LogP contribution is 2.25. The summed E-state index contributed by atoms with van der Waals surface area (Å²) in [6.45, 7) is 6.42. The minimum atomic E-state index is -0.314. The van der Waals surface area contributed by atoms with Crippen LogP contribution in [0.5, 0.6) is 0 Å². The maximum Gasteiger partial charge on any atom is 0.409 e. The third-order valence-electron chi connectivity index (χ3n) is 5.48. The van der Waals surface area contributed by atoms with Gasteiger partial charge in [-0.2, -0.15) is 5.10 Å². The van der Waals surface area contributed by atoms with Crippen molar-refractivity contribution in [3.8, 4) is 16.9 Å². The van der Waals surface area contributed by atoms with Gasteiger partial charge in [0.2, 0.25) is 0 Å². The van der Waals surface area contributed by atoms with E-state index < -0.39 is 0 Å². The van der Waals surface area contributed by atoms with Crippen molar-refractivity contribution in [2.75, 3.05) is 32.8 Å². The molecule has 2 amide bonds. The summed E-state index contributed by atoms with van der Waals surface area (Å²) in [6.07, 6.45) is 5.56. The number of benzene rings is 1. The van der Waals surface area contributed by atoms with Gasteiger partial charge in [-0.1, -0.05) is 32.0 Å². The molecule has 3 aromatic rings. The standard InChI is InChI=1S/C25H29N5O3/c1-19(2)18-33-25(32)29-13-7-12-28(14-15-29)24(31)22-17-30(21-9-4-3-5-10-21)27-23(22)20-8-6-11-26-16-20/h3-6,8-11,16-17,19H,7,12-15,18H2,1-2H3. The average Bonchev–Trinajstić information content (AvgIpc) is 3.14. The molecule has 33 heavy (non-hydrogen) atoms. The van der Waals surface area contributed by atoms with Gasteiger partial charge < -0.3 is 14.5 Å². The van der Waals surface area contributed by atoms with Crippen LogP contribution in [-0.2, 0) is 4.74 Å². The van der Waals surface area contributed by atoms with Crippen molar-refractivity contribution < 1.29 is 14.3 Å². The fourth-order valence-electron chi connectivity index (χ4n) is 3.76. The lowest BCUT2D eigenvalue weighted by Gasteiger charge is -2.22. The number of ether oxygens (including phenoxy) is 1. The Morgan fingerprint density at radius 1 is 1.00 bits per heavy atom. The lowest BCUT2D eigenvalue weighted by Crippen LogP contribution is -2.38. The highest BCUT2D eigenvalue weighted by molar-refractivity contribution is 6.00. The van der Waals surface area contributed by atoms with Crippen LogP contribution in [0.2, 0.25) is 0 Å². The van der Waals surface area contributed by atoms with Crippen molar-refractivity contribution in [3.63, 3.8) is 0 Å². The summed E-state index contributed by atoms with van der Waals surface area (Å²) in [4.78, 5) is 33.7. The van der Waals surface area contributed by atoms with E-state index in [0.29, 0.717) is 50.5 Å². The van der Waals surface area contributed by atoms with E-state index in [1.165, 1.54) is 0 Å². The van der Waals surface area contributed by atoms with Crippen LogP contribution in [0.1, 0.15) is 30.6 Å². The van der Waals surface area contributed by atoms with Gasteiger partial charge in [-0.25, -0.2) is 9.48 Å². The van der Waals surface area contributed by atoms with Gasteiger partial charge in [0, 0.05) is 50.3 Å². The van der Waals surface area contributed by atoms with E-state index in [0.717, 1.165) is 11.3 Å². The second-order valence-corrected chi connectivity index (χ2v) is 8.52. The van der Waals surface area contributed by atoms with Crippen LogP contribution >= 0.6 is 0 Å². The Balaban J connectivity index is 1.56. The Morgan fingerprint density at radius 3 is 2.48 bits per heavy atom. The molecule has 0 radical (unpaired) electrons. The molecule has 0 unspecified atom stereocenters. The quantitative estimate of drug-likeness (QED) is 0.593. The summed E-state index contributed by atoms with van der Waals surface area (Å²) < 4.78 is 7.10. The van der Waals surface area contributed by atoms with Gasteiger partial charge >= 0.3 is 6.09 Å². The number of hydrogen-bond donors (Lipinski definition) is 0. The van der Waals surface area contributed by atoms with Crippen molar-refractivity contribution in [1.29, 1.82) is 0 Å². The average molecular weight is 448 g/mol. The first-order valence-corrected chi connectivity index (χ1v) is 11.3. The third kappa shape index (κ3) is 5.39. The normalized spacial score (nSPS) is 14.3. The molecule has 0 aliphatic carbocycles. The van der Waals surface area contributed by atoms with E-state index in [2.05, 4.69) is 4.98 Å². The molecule has 1 aromatic carbocycles. The SMILES string of the molecule is CC(C)COC(=O)N1CCCN(C(=O)c2cn(-c3ccccc3)nc2-c2cccnc2)CC1. The summed E-state index contributed by atoms with van der Waals surface area (Å²) in [5.41, 5.74) is 2.76. The van der Waals surface area contributed by atoms with E-state index in [9.17, 15) is 9.59 Å². The van der Waals surface area contributed by atoms with Crippen molar-refractivity contribution >= 4 is 12.0 Å². The van der Waals surface area contributed by atoms with Crippen LogP contribution < -0.4 is 0 Å². The molecule has 8 nitrogen and oxygen atoms in total. The fourth-order valence-corrected chi connectivity index (χ4v) is 3.76. The molecular weight excluding hydrogens is 418 g/mol. The first-order valence-electron chi connectivity index (χ1n) is 11.3. The van der Waals surface area contributed by atoms with E-state index in [1.54, 1.807) is 33.1 Å². The number of hydrogen-bond acceptors (Lipinski definition) is 5. The van der Waals surface area contributed by atoms with E-state index in [4.69, 9.17) is 9.84 Å². The molecule has 1 saturated heterocycles. The molecule has 0 N–H and O–H groups in total. The van der Waals surface area contributed by atoms with Gasteiger partial charge in [0.05, 0.1) is 17.9 Å². The molecule has 3 heterocycles. The molecule has 0 saturated carbocycles. The Hall–Kier alpha value is -3.68. The zero-order chi connectivity index (χ0) is 23.2. The summed E-state index contributed by atoms with van der Waals surface area (Å²) in [7, 11) is 0. The summed E-state index contributed by atoms with van der Waals surface area (Å²) in [5, 5.41) is 4.72. The predicted molar refractivity (Wildman–Crippen MR) is 125 cm³/mol. The van der Waals surface area contributed by atoms with E-state index >= 15 is 0 Å². The van der Waals surface area contributed by atoms with E-state index in [-0.39, 0.29) is 17.9 Å². The van der Waals surface area contributed by atoms with Crippen LogP contribution in [0.15, 0.2) is 61.1 Å². The predicted octanol–water partition coefficient (Wildman–Crippen LogP) is 3.87. The lowest BCUT2D eigenvalue weighted by molar-refractivity contribution is 0.0747. The molecule has 4 rings (SSSR count). The molecule has 8 heteroatoms. The molecule has 172 valence electrons. The number of rotatable bonds is 5. The molecule has 1 aliphatic rings. The first kappa shape index (κ1) is 22.5. The molecule has 0 spiro atoms. The second kappa shape index (κ2) is 10.3. The van der Waals surface area contributed by atoms with Gasteiger partial charge in [-0.3, -0.25) is 9.78 Å². The molecule has 1 aliphatic heterocycles. The van der Waals surface area contributed by atoms with Crippen molar-refractivity contribution in [1.82, 2.24) is 24.6 Å². The smallest absolute Gasteiger partial charge is 0.409 e. The second-order valence-electron chi connectivity index (χ2n) is 8.52. The van der Waals surface area contributed by atoms with Gasteiger partial charge in [-0.05, 0) is 36.6 Å². The monoisotopic (exact) mass is 447 g/mol. The lowest BCUT2D eigenvalue weighted by atomic mass is 10.1. The van der Waals surface area contributed by atoms with Crippen LogP contribution in [0.3, 0.4) is 0 Å². The third-order valence-corrected chi connectivity index (χ3v) is 5.48. The Kier molecular flexibility index (Phi) is 7.02. The fraction of sp³-hybridized carbons (Fsp3) is 0.360. The Bertz CT molecular complexity index is 1080. The van der Waals surface area contributed by atoms with Crippen molar-refractivity contribution in [2.45, 2.75) is 20.3 Å². The topological polar surface area (TPSA) is 80.6 Å². The van der Waals surface area contributed by atoms with Gasteiger partial charge in [0.25, 0.3) is 5.91 Å². The Labute approximate surface area is 193 Å². The highest BCUT2D eigenvalue weighted by atomic mass is 16.6. The zero-order valence-corrected chi connectivity index (χ0v) is 19.1. The van der Waals surface area contributed by atoms with Crippen LogP contribution in [-0.4, -0.2) is 69.4 Å². The molecule has 2 aromatic heterocycles. The number of pyridine rings is 1. The van der Waals surface area contributed by atoms with E-state index in [1.807, 2.05) is 56.3 Å². The summed E-state index contributed by atoms with van der Waals surface area (Å²) >= 11 is 0. The Morgan fingerprint density at radius 2 is 1.76 bits per heavy atom. The zero-order valence-electron chi connectivity index (χ0n) is 19.1. The molecule has 0 bridgehead atoms. The number of amides is 2. The maximum atomic E-state index is 13.6. The minimum absolute atomic E-state index is 0.103. The number of carbonyl (C=O) groups is 2. The van der Waals surface area contributed by atoms with Gasteiger partial charge in [0.15, 0.2) is 0 Å². The number of para-hydroxylation sites is 1. The summed E-state index contributed by atoms with van der Waals surface area (Å²) in [6, 6.07) is 13.4. The number of aromatic nitrogens is 3.